The van der Waals surface area contributed by atoms with Crippen LogP contribution in [0.1, 0.15) is 47.0 Å². The molecule has 160 valence electrons. The maximum atomic E-state index is 13.0. The van der Waals surface area contributed by atoms with E-state index < -0.39 is 0 Å². The number of thiophene rings is 1. The number of likely N-dealkylation sites (tertiary alicyclic amines) is 1. The van der Waals surface area contributed by atoms with Gasteiger partial charge in [-0.3, -0.25) is 14.5 Å². The molecule has 3 heterocycles. The lowest BCUT2D eigenvalue weighted by Crippen LogP contribution is -2.50. The van der Waals surface area contributed by atoms with Gasteiger partial charge in [-0.2, -0.15) is 0 Å². The molecule has 0 saturated carbocycles. The molecule has 0 aliphatic carbocycles. The third kappa shape index (κ3) is 4.76. The van der Waals surface area contributed by atoms with E-state index in [0.717, 1.165) is 64.0 Å². The minimum atomic E-state index is 0.118. The number of carbonyl (C=O) groups is 2. The molecular formula is C24H31N3O2S. The van der Waals surface area contributed by atoms with Gasteiger partial charge in [0.1, 0.15) is 0 Å². The third-order valence-electron chi connectivity index (χ3n) is 6.30. The van der Waals surface area contributed by atoms with E-state index in [1.165, 1.54) is 10.4 Å². The highest BCUT2D eigenvalue weighted by Crippen LogP contribution is 2.25. The summed E-state index contributed by atoms with van der Waals surface area (Å²) < 4.78 is 0. The Hall–Kier alpha value is -2.18. The summed E-state index contributed by atoms with van der Waals surface area (Å²) in [6.07, 6.45) is 3.87. The largest absolute Gasteiger partial charge is 0.339 e. The van der Waals surface area contributed by atoms with Crippen LogP contribution in [0.3, 0.4) is 0 Å². The third-order valence-corrected chi connectivity index (χ3v) is 7.32. The molecule has 2 aromatic rings. The summed E-state index contributed by atoms with van der Waals surface area (Å²) in [5, 5.41) is 2.13. The van der Waals surface area contributed by atoms with E-state index in [2.05, 4.69) is 23.3 Å². The summed E-state index contributed by atoms with van der Waals surface area (Å²) in [5.74, 6) is 0.357. The maximum Gasteiger partial charge on any atom is 0.253 e. The predicted octanol–water partition coefficient (Wildman–Crippen LogP) is 3.65. The van der Waals surface area contributed by atoms with Crippen LogP contribution in [0.4, 0.5) is 0 Å². The zero-order valence-electron chi connectivity index (χ0n) is 17.8. The lowest BCUT2D eigenvalue weighted by Gasteiger charge is -2.39. The zero-order valence-corrected chi connectivity index (χ0v) is 18.6. The number of amides is 2. The van der Waals surface area contributed by atoms with E-state index in [0.29, 0.717) is 12.6 Å². The maximum absolute atomic E-state index is 13.0. The Balaban J connectivity index is 1.32. The summed E-state index contributed by atoms with van der Waals surface area (Å²) in [4.78, 5) is 33.5. The van der Waals surface area contributed by atoms with Crippen LogP contribution in [0.2, 0.25) is 0 Å². The van der Waals surface area contributed by atoms with Gasteiger partial charge >= 0.3 is 0 Å². The summed E-state index contributed by atoms with van der Waals surface area (Å²) in [6, 6.07) is 12.0. The second kappa shape index (κ2) is 9.75. The second-order valence-corrected chi connectivity index (χ2v) is 9.29. The molecule has 4 rings (SSSR count). The van der Waals surface area contributed by atoms with Crippen molar-refractivity contribution in [3.05, 3.63) is 57.8 Å². The van der Waals surface area contributed by atoms with Gasteiger partial charge in [0.15, 0.2) is 0 Å². The van der Waals surface area contributed by atoms with Gasteiger partial charge in [0.05, 0.1) is 6.54 Å². The van der Waals surface area contributed by atoms with Crippen LogP contribution in [0.5, 0.6) is 0 Å². The standard InChI is InChI=1S/C24H31N3O2S/c1-2-12-26(18-23(28)27-15-10-22-20(17-27)11-16-30-22)21-8-13-25(14-9-21)24(29)19-6-4-3-5-7-19/h3-7,11,16,21H,2,8-10,12-15,17-18H2,1H3. The van der Waals surface area contributed by atoms with E-state index in [1.807, 2.05) is 40.1 Å². The first kappa shape index (κ1) is 21.1. The molecule has 2 aliphatic rings. The van der Waals surface area contributed by atoms with E-state index in [4.69, 9.17) is 0 Å². The average molecular weight is 426 g/mol. The van der Waals surface area contributed by atoms with Crippen LogP contribution >= 0.6 is 11.3 Å². The monoisotopic (exact) mass is 425 g/mol. The first-order valence-electron chi connectivity index (χ1n) is 11.1. The van der Waals surface area contributed by atoms with Gasteiger partial charge in [-0.15, -0.1) is 11.3 Å². The van der Waals surface area contributed by atoms with Crippen molar-refractivity contribution in [3.8, 4) is 0 Å². The molecular weight excluding hydrogens is 394 g/mol. The molecule has 0 radical (unpaired) electrons. The second-order valence-electron chi connectivity index (χ2n) is 8.29. The Morgan fingerprint density at radius 3 is 2.57 bits per heavy atom. The Morgan fingerprint density at radius 2 is 1.83 bits per heavy atom. The van der Waals surface area contributed by atoms with Crippen molar-refractivity contribution in [2.75, 3.05) is 32.7 Å². The highest BCUT2D eigenvalue weighted by Gasteiger charge is 2.30. The van der Waals surface area contributed by atoms with Crippen LogP contribution in [0.25, 0.3) is 0 Å². The minimum absolute atomic E-state index is 0.118. The fraction of sp³-hybridized carbons (Fsp3) is 0.500. The summed E-state index contributed by atoms with van der Waals surface area (Å²) in [6.45, 7) is 6.69. The minimum Gasteiger partial charge on any atom is -0.339 e. The van der Waals surface area contributed by atoms with Crippen molar-refractivity contribution in [2.45, 2.75) is 45.2 Å². The molecule has 2 aliphatic heterocycles. The van der Waals surface area contributed by atoms with Crippen molar-refractivity contribution < 1.29 is 9.59 Å². The molecule has 6 heteroatoms. The average Bonchev–Trinajstić information content (AvgIpc) is 3.27. The van der Waals surface area contributed by atoms with E-state index in [-0.39, 0.29) is 11.8 Å². The van der Waals surface area contributed by atoms with E-state index in [9.17, 15) is 9.59 Å². The normalized spacial score (nSPS) is 17.3. The fourth-order valence-corrected chi connectivity index (χ4v) is 5.50. The van der Waals surface area contributed by atoms with Crippen molar-refractivity contribution in [1.82, 2.24) is 14.7 Å². The highest BCUT2D eigenvalue weighted by molar-refractivity contribution is 7.10. The number of carbonyl (C=O) groups excluding carboxylic acids is 2. The fourth-order valence-electron chi connectivity index (χ4n) is 4.61. The summed E-state index contributed by atoms with van der Waals surface area (Å²) in [7, 11) is 0. The lowest BCUT2D eigenvalue weighted by atomic mass is 10.0. The van der Waals surface area contributed by atoms with Gasteiger partial charge in [-0.05, 0) is 61.4 Å². The van der Waals surface area contributed by atoms with Gasteiger partial charge in [-0.1, -0.05) is 25.1 Å². The topological polar surface area (TPSA) is 43.9 Å². The molecule has 1 fully saturated rings. The first-order valence-corrected chi connectivity index (χ1v) is 11.9. The van der Waals surface area contributed by atoms with Crippen molar-refractivity contribution in [2.24, 2.45) is 0 Å². The van der Waals surface area contributed by atoms with Gasteiger partial charge < -0.3 is 9.80 Å². The van der Waals surface area contributed by atoms with Crippen LogP contribution in [-0.2, 0) is 17.8 Å². The first-order chi connectivity index (χ1) is 14.7. The van der Waals surface area contributed by atoms with Gasteiger partial charge in [0, 0.05) is 42.7 Å². The molecule has 2 amide bonds. The summed E-state index contributed by atoms with van der Waals surface area (Å²) >= 11 is 1.80. The Morgan fingerprint density at radius 1 is 1.07 bits per heavy atom. The van der Waals surface area contributed by atoms with Gasteiger partial charge in [0.25, 0.3) is 5.91 Å². The van der Waals surface area contributed by atoms with Crippen molar-refractivity contribution in [1.29, 1.82) is 0 Å². The summed E-state index contributed by atoms with van der Waals surface area (Å²) in [5.41, 5.74) is 2.07. The Bertz CT molecular complexity index is 858. The quantitative estimate of drug-likeness (QED) is 0.710. The number of hydrogen-bond donors (Lipinski definition) is 0. The molecule has 0 atom stereocenters. The number of hydrogen-bond acceptors (Lipinski definition) is 4. The van der Waals surface area contributed by atoms with E-state index in [1.54, 1.807) is 11.3 Å². The van der Waals surface area contributed by atoms with Crippen LogP contribution in [0.15, 0.2) is 41.8 Å². The molecule has 30 heavy (non-hydrogen) atoms. The van der Waals surface area contributed by atoms with Crippen LogP contribution in [0, 0.1) is 0 Å². The molecule has 0 unspecified atom stereocenters. The number of rotatable bonds is 6. The molecule has 0 spiro atoms. The number of fused-ring (bicyclic) bond motifs is 1. The molecule has 1 aromatic heterocycles. The molecule has 5 nitrogen and oxygen atoms in total. The molecule has 0 N–H and O–H groups in total. The number of benzene rings is 1. The van der Waals surface area contributed by atoms with Gasteiger partial charge in [0.2, 0.25) is 5.91 Å². The number of piperidine rings is 1. The SMILES string of the molecule is CCCN(CC(=O)N1CCc2sccc2C1)C1CCN(C(=O)c2ccccc2)CC1. The molecule has 1 saturated heterocycles. The van der Waals surface area contributed by atoms with Crippen LogP contribution in [-0.4, -0.2) is 65.3 Å². The van der Waals surface area contributed by atoms with Crippen molar-refractivity contribution in [3.63, 3.8) is 0 Å². The predicted molar refractivity (Wildman–Crippen MR) is 121 cm³/mol. The van der Waals surface area contributed by atoms with Gasteiger partial charge in [-0.25, -0.2) is 0 Å². The smallest absolute Gasteiger partial charge is 0.253 e. The molecule has 0 bridgehead atoms. The Labute approximate surface area is 183 Å². The van der Waals surface area contributed by atoms with Crippen LogP contribution < -0.4 is 0 Å². The Kier molecular flexibility index (Phi) is 6.85. The van der Waals surface area contributed by atoms with Crippen molar-refractivity contribution >= 4 is 23.2 Å². The lowest BCUT2D eigenvalue weighted by molar-refractivity contribution is -0.134. The zero-order chi connectivity index (χ0) is 20.9. The molecule has 1 aromatic carbocycles. The highest BCUT2D eigenvalue weighted by atomic mass is 32.1. The van der Waals surface area contributed by atoms with E-state index >= 15 is 0 Å². The number of nitrogens with zero attached hydrogens (tertiary/aromatic N) is 3.